The van der Waals surface area contributed by atoms with Crippen molar-refractivity contribution in [1.82, 2.24) is 4.98 Å². The molecule has 0 saturated carbocycles. The van der Waals surface area contributed by atoms with E-state index in [1.807, 2.05) is 0 Å². The molecule has 0 saturated heterocycles. The summed E-state index contributed by atoms with van der Waals surface area (Å²) in [5.74, 6) is 1.26. The van der Waals surface area contributed by atoms with E-state index in [4.69, 9.17) is 9.15 Å². The molecule has 0 atom stereocenters. The van der Waals surface area contributed by atoms with Crippen LogP contribution in [0.25, 0.3) is 0 Å². The summed E-state index contributed by atoms with van der Waals surface area (Å²) in [5, 5.41) is 2.95. The van der Waals surface area contributed by atoms with Gasteiger partial charge in [-0.25, -0.2) is 4.98 Å². The second-order valence-corrected chi connectivity index (χ2v) is 4.10. The molecular weight excluding hydrogens is 273 g/mol. The van der Waals surface area contributed by atoms with E-state index in [0.29, 0.717) is 23.9 Å². The number of aromatic nitrogens is 1. The van der Waals surface area contributed by atoms with Crippen LogP contribution in [0, 0.1) is 6.92 Å². The van der Waals surface area contributed by atoms with Crippen molar-refractivity contribution in [2.24, 2.45) is 0 Å². The smallest absolute Gasteiger partial charge is 0.422 e. The average Bonchev–Trinajstić information content (AvgIpc) is 2.80. The van der Waals surface area contributed by atoms with Gasteiger partial charge in [-0.2, -0.15) is 13.2 Å². The summed E-state index contributed by atoms with van der Waals surface area (Å²) in [4.78, 5) is 3.93. The lowest BCUT2D eigenvalue weighted by Crippen LogP contribution is -2.19. The normalized spacial score (nSPS) is 11.4. The molecule has 0 radical (unpaired) electrons. The summed E-state index contributed by atoms with van der Waals surface area (Å²) >= 11 is 0. The van der Waals surface area contributed by atoms with Crippen LogP contribution in [-0.4, -0.2) is 17.8 Å². The maximum atomic E-state index is 12.2. The number of halogens is 3. The first-order valence-electron chi connectivity index (χ1n) is 5.88. The Kier molecular flexibility index (Phi) is 4.16. The van der Waals surface area contributed by atoms with E-state index in [1.54, 1.807) is 31.3 Å². The first-order valence-corrected chi connectivity index (χ1v) is 5.88. The van der Waals surface area contributed by atoms with Crippen molar-refractivity contribution in [3.8, 4) is 5.75 Å². The molecule has 20 heavy (non-hydrogen) atoms. The number of aryl methyl sites for hydroxylation is 1. The van der Waals surface area contributed by atoms with Gasteiger partial charge in [0, 0.05) is 6.92 Å². The van der Waals surface area contributed by atoms with Gasteiger partial charge < -0.3 is 14.5 Å². The highest BCUT2D eigenvalue weighted by atomic mass is 19.4. The molecule has 1 heterocycles. The number of rotatable bonds is 5. The van der Waals surface area contributed by atoms with E-state index in [1.165, 1.54) is 6.07 Å². The van der Waals surface area contributed by atoms with Crippen molar-refractivity contribution >= 4 is 5.69 Å². The number of hydrogen-bond acceptors (Lipinski definition) is 4. The minimum absolute atomic E-state index is 0.140. The molecule has 0 unspecified atom stereocenters. The molecule has 0 aliphatic carbocycles. The van der Waals surface area contributed by atoms with Crippen molar-refractivity contribution in [3.05, 3.63) is 42.1 Å². The van der Waals surface area contributed by atoms with Gasteiger partial charge in [0.15, 0.2) is 12.5 Å². The molecule has 0 spiro atoms. The third-order valence-electron chi connectivity index (χ3n) is 2.40. The molecule has 1 aromatic heterocycles. The summed E-state index contributed by atoms with van der Waals surface area (Å²) in [7, 11) is 0. The second kappa shape index (κ2) is 5.85. The van der Waals surface area contributed by atoms with Gasteiger partial charge in [0.05, 0.1) is 18.4 Å². The van der Waals surface area contributed by atoms with Crippen molar-refractivity contribution in [1.29, 1.82) is 0 Å². The Balaban J connectivity index is 2.00. The van der Waals surface area contributed by atoms with Crippen molar-refractivity contribution in [2.75, 3.05) is 11.9 Å². The van der Waals surface area contributed by atoms with Crippen LogP contribution in [0.1, 0.15) is 11.7 Å². The molecular formula is C13H13F3N2O2. The highest BCUT2D eigenvalue weighted by molar-refractivity contribution is 5.56. The van der Waals surface area contributed by atoms with E-state index in [9.17, 15) is 13.2 Å². The number of alkyl halides is 3. The van der Waals surface area contributed by atoms with E-state index in [0.717, 1.165) is 0 Å². The highest BCUT2D eigenvalue weighted by Gasteiger charge is 2.28. The van der Waals surface area contributed by atoms with Crippen LogP contribution >= 0.6 is 0 Å². The van der Waals surface area contributed by atoms with Crippen molar-refractivity contribution < 1.29 is 22.3 Å². The van der Waals surface area contributed by atoms with Gasteiger partial charge >= 0.3 is 6.18 Å². The first-order chi connectivity index (χ1) is 9.44. The number of nitrogens with zero attached hydrogens (tertiary/aromatic N) is 1. The molecule has 2 rings (SSSR count). The third kappa shape index (κ3) is 4.18. The summed E-state index contributed by atoms with van der Waals surface area (Å²) in [6, 6.07) is 6.42. The zero-order chi connectivity index (χ0) is 14.6. The fraction of sp³-hybridized carbons (Fsp3) is 0.308. The Labute approximate surface area is 113 Å². The van der Waals surface area contributed by atoms with Crippen LogP contribution in [0.5, 0.6) is 5.75 Å². The monoisotopic (exact) mass is 286 g/mol. The predicted octanol–water partition coefficient (Wildman–Crippen LogP) is 3.54. The molecule has 0 amide bonds. The topological polar surface area (TPSA) is 47.3 Å². The van der Waals surface area contributed by atoms with Crippen LogP contribution in [0.3, 0.4) is 0 Å². The number of hydrogen-bond donors (Lipinski definition) is 1. The van der Waals surface area contributed by atoms with Crippen LogP contribution in [0.15, 0.2) is 34.9 Å². The second-order valence-electron chi connectivity index (χ2n) is 4.10. The lowest BCUT2D eigenvalue weighted by molar-refractivity contribution is -0.153. The van der Waals surface area contributed by atoms with Gasteiger partial charge in [-0.15, -0.1) is 0 Å². The van der Waals surface area contributed by atoms with Crippen LogP contribution in [0.2, 0.25) is 0 Å². The van der Waals surface area contributed by atoms with Crippen molar-refractivity contribution in [3.63, 3.8) is 0 Å². The van der Waals surface area contributed by atoms with Crippen LogP contribution in [-0.2, 0) is 6.54 Å². The minimum atomic E-state index is -4.37. The largest absolute Gasteiger partial charge is 0.482 e. The van der Waals surface area contributed by atoms with Gasteiger partial charge in [-0.1, -0.05) is 12.1 Å². The molecule has 0 bridgehead atoms. The van der Waals surface area contributed by atoms with Gasteiger partial charge in [0.25, 0.3) is 0 Å². The summed E-state index contributed by atoms with van der Waals surface area (Å²) in [6.45, 7) is 0.699. The van der Waals surface area contributed by atoms with Gasteiger partial charge in [0.2, 0.25) is 0 Å². The fourth-order valence-corrected chi connectivity index (χ4v) is 1.57. The molecule has 1 aromatic carbocycles. The molecule has 7 heteroatoms. The van der Waals surface area contributed by atoms with Crippen LogP contribution in [0.4, 0.5) is 18.9 Å². The van der Waals surface area contributed by atoms with Crippen LogP contribution < -0.4 is 10.1 Å². The van der Waals surface area contributed by atoms with Crippen molar-refractivity contribution in [2.45, 2.75) is 19.6 Å². The molecule has 1 N–H and O–H groups in total. The van der Waals surface area contributed by atoms with E-state index >= 15 is 0 Å². The van der Waals surface area contributed by atoms with E-state index < -0.39 is 12.8 Å². The third-order valence-corrected chi connectivity index (χ3v) is 2.40. The Morgan fingerprint density at radius 1 is 1.30 bits per heavy atom. The van der Waals surface area contributed by atoms with Gasteiger partial charge in [0.1, 0.15) is 11.5 Å². The quantitative estimate of drug-likeness (QED) is 0.913. The standard InChI is InChI=1S/C13H13F3N2O2/c1-9-17-6-10(20-9)7-18-11-4-2-3-5-12(11)19-8-13(14,15)16/h2-6,18H,7-8H2,1H3. The number of ether oxygens (including phenoxy) is 1. The van der Waals surface area contributed by atoms with E-state index in [2.05, 4.69) is 10.3 Å². The first kappa shape index (κ1) is 14.2. The van der Waals surface area contributed by atoms with E-state index in [-0.39, 0.29) is 5.75 Å². The lowest BCUT2D eigenvalue weighted by atomic mass is 10.3. The number of benzene rings is 1. The maximum absolute atomic E-state index is 12.2. The molecule has 2 aromatic rings. The van der Waals surface area contributed by atoms with Gasteiger partial charge in [-0.05, 0) is 12.1 Å². The number of oxazole rings is 1. The molecule has 108 valence electrons. The molecule has 0 fully saturated rings. The Morgan fingerprint density at radius 2 is 2.05 bits per heavy atom. The molecule has 0 aliphatic heterocycles. The fourth-order valence-electron chi connectivity index (χ4n) is 1.57. The Hall–Kier alpha value is -2.18. The zero-order valence-corrected chi connectivity index (χ0v) is 10.7. The highest BCUT2D eigenvalue weighted by Crippen LogP contribution is 2.26. The minimum Gasteiger partial charge on any atom is -0.482 e. The maximum Gasteiger partial charge on any atom is 0.422 e. The SMILES string of the molecule is Cc1ncc(CNc2ccccc2OCC(F)(F)F)o1. The average molecular weight is 286 g/mol. The zero-order valence-electron chi connectivity index (χ0n) is 10.7. The molecule has 0 aliphatic rings. The lowest BCUT2D eigenvalue weighted by Gasteiger charge is -2.13. The molecule has 4 nitrogen and oxygen atoms in total. The Bertz CT molecular complexity index is 567. The number of para-hydroxylation sites is 2. The van der Waals surface area contributed by atoms with Gasteiger partial charge in [-0.3, -0.25) is 0 Å². The summed E-state index contributed by atoms with van der Waals surface area (Å²) in [6.07, 6.45) is -2.81. The predicted molar refractivity (Wildman–Crippen MR) is 66.6 cm³/mol. The number of nitrogens with one attached hydrogen (secondary N) is 1. The summed E-state index contributed by atoms with van der Waals surface area (Å²) < 4.78 is 46.5. The summed E-state index contributed by atoms with van der Waals surface area (Å²) in [5.41, 5.74) is 0.464. The Morgan fingerprint density at radius 3 is 2.70 bits per heavy atom. The number of anilines is 1.